The maximum Gasteiger partial charge on any atom is 0.295 e. The van der Waals surface area contributed by atoms with Crippen LogP contribution in [-0.4, -0.2) is 49.2 Å². The Kier molecular flexibility index (Phi) is 7.25. The molecule has 1 amide bonds. The van der Waals surface area contributed by atoms with Gasteiger partial charge in [0.05, 0.1) is 18.4 Å². The molecule has 0 spiro atoms. The van der Waals surface area contributed by atoms with Crippen LogP contribution < -0.4 is 0 Å². The van der Waals surface area contributed by atoms with Crippen LogP contribution in [-0.2, 0) is 9.63 Å². The van der Waals surface area contributed by atoms with Crippen molar-refractivity contribution in [1.29, 1.82) is 0 Å². The fourth-order valence-electron chi connectivity index (χ4n) is 4.87. The van der Waals surface area contributed by atoms with E-state index in [-0.39, 0.29) is 17.7 Å². The van der Waals surface area contributed by atoms with E-state index in [4.69, 9.17) is 51.2 Å². The molecule has 0 N–H and O–H groups in total. The lowest BCUT2D eigenvalue weighted by molar-refractivity contribution is -0.287. The molecular formula is C23H31Cl4N3O2. The topological polar surface area (TPSA) is 45.1 Å². The van der Waals surface area contributed by atoms with Crippen LogP contribution in [0, 0.1) is 5.41 Å². The van der Waals surface area contributed by atoms with Crippen LogP contribution in [0.15, 0.2) is 29.4 Å². The van der Waals surface area contributed by atoms with E-state index in [9.17, 15) is 4.79 Å². The fraction of sp³-hybridized carbons (Fsp3) is 0.652. The molecule has 2 aliphatic heterocycles. The molecule has 1 atom stereocenters. The van der Waals surface area contributed by atoms with Gasteiger partial charge in [-0.1, -0.05) is 72.4 Å². The second-order valence-corrected chi connectivity index (χ2v) is 13.1. The quantitative estimate of drug-likeness (QED) is 0.417. The van der Waals surface area contributed by atoms with Gasteiger partial charge in [0.15, 0.2) is 0 Å². The minimum atomic E-state index is -2.13. The highest BCUT2D eigenvalue weighted by Gasteiger charge is 2.52. The van der Waals surface area contributed by atoms with Crippen molar-refractivity contribution in [1.82, 2.24) is 10.1 Å². The summed E-state index contributed by atoms with van der Waals surface area (Å²) in [7, 11) is 0. The Balaban J connectivity index is 1.95. The normalized spacial score (nSPS) is 25.0. The molecule has 1 aromatic carbocycles. The summed E-state index contributed by atoms with van der Waals surface area (Å²) in [4.78, 5) is 19.5. The number of halogens is 4. The van der Waals surface area contributed by atoms with Crippen molar-refractivity contribution in [3.05, 3.63) is 34.9 Å². The molecule has 1 saturated heterocycles. The Morgan fingerprint density at radius 3 is 2.09 bits per heavy atom. The zero-order chi connectivity index (χ0) is 24.1. The highest BCUT2D eigenvalue weighted by Crippen LogP contribution is 2.43. The molecule has 32 heavy (non-hydrogen) atoms. The van der Waals surface area contributed by atoms with Gasteiger partial charge in [0.1, 0.15) is 0 Å². The zero-order valence-corrected chi connectivity index (χ0v) is 22.4. The van der Waals surface area contributed by atoms with E-state index >= 15 is 0 Å². The van der Waals surface area contributed by atoms with Gasteiger partial charge in [-0.05, 0) is 64.7 Å². The number of nitrogens with zero attached hydrogens (tertiary/aromatic N) is 3. The highest BCUT2D eigenvalue weighted by molar-refractivity contribution is 6.76. The zero-order valence-electron chi connectivity index (χ0n) is 19.4. The van der Waals surface area contributed by atoms with Gasteiger partial charge in [-0.25, -0.2) is 5.01 Å². The number of hydroxylamine groups is 2. The molecule has 5 nitrogen and oxygen atoms in total. The SMILES string of the molecule is CC1(C)C(c2ccc(Cl)cc2)=NN(C(=O)C(Cl)(Cl)Cl)C1CON1C(C)(C)CCCC1(C)C. The van der Waals surface area contributed by atoms with Crippen LogP contribution in [0.4, 0.5) is 0 Å². The number of piperidine rings is 1. The number of rotatable bonds is 4. The summed E-state index contributed by atoms with van der Waals surface area (Å²) in [5.74, 6) is -0.703. The predicted octanol–water partition coefficient (Wildman–Crippen LogP) is 6.63. The van der Waals surface area contributed by atoms with Crippen molar-refractivity contribution in [3.63, 3.8) is 0 Å². The number of alkyl halides is 3. The monoisotopic (exact) mass is 521 g/mol. The number of hydrogen-bond acceptors (Lipinski definition) is 4. The maximum absolute atomic E-state index is 13.0. The number of hydrazone groups is 1. The van der Waals surface area contributed by atoms with Crippen molar-refractivity contribution in [3.8, 4) is 0 Å². The highest BCUT2D eigenvalue weighted by atomic mass is 35.6. The minimum absolute atomic E-state index is 0.144. The van der Waals surface area contributed by atoms with Gasteiger partial charge in [-0.2, -0.15) is 10.2 Å². The van der Waals surface area contributed by atoms with Crippen LogP contribution >= 0.6 is 46.4 Å². The molecule has 1 aromatic rings. The average Bonchev–Trinajstić information content (AvgIpc) is 2.90. The molecule has 178 valence electrons. The third kappa shape index (κ3) is 5.08. The summed E-state index contributed by atoms with van der Waals surface area (Å²) in [5.41, 5.74) is 0.705. The van der Waals surface area contributed by atoms with Crippen LogP contribution in [0.5, 0.6) is 0 Å². The molecule has 0 aliphatic carbocycles. The van der Waals surface area contributed by atoms with Gasteiger partial charge < -0.3 is 0 Å². The van der Waals surface area contributed by atoms with Crippen LogP contribution in [0.1, 0.15) is 66.4 Å². The van der Waals surface area contributed by atoms with Crippen molar-refractivity contribution in [2.45, 2.75) is 81.7 Å². The standard InChI is InChI=1S/C23H31Cl4N3O2/c1-20(2)12-7-13-21(3,4)30(20)32-14-17-22(5,6)18(15-8-10-16(24)11-9-15)28-29(17)19(31)23(25,26)27/h8-11,17H,7,12-14H2,1-6H3. The number of carbonyl (C=O) groups is 1. The summed E-state index contributed by atoms with van der Waals surface area (Å²) in [6.45, 7) is 13.0. The molecule has 2 heterocycles. The second kappa shape index (κ2) is 8.90. The van der Waals surface area contributed by atoms with Gasteiger partial charge >= 0.3 is 0 Å². The molecule has 2 aliphatic rings. The van der Waals surface area contributed by atoms with Gasteiger partial charge in [-0.15, -0.1) is 0 Å². The number of carbonyl (C=O) groups excluding carboxylic acids is 1. The first-order valence-electron chi connectivity index (χ1n) is 10.8. The Morgan fingerprint density at radius 2 is 1.59 bits per heavy atom. The molecule has 3 rings (SSSR count). The van der Waals surface area contributed by atoms with Gasteiger partial charge in [-0.3, -0.25) is 9.63 Å². The molecule has 0 radical (unpaired) electrons. The van der Waals surface area contributed by atoms with Gasteiger partial charge in [0, 0.05) is 21.5 Å². The van der Waals surface area contributed by atoms with Crippen LogP contribution in [0.2, 0.25) is 5.02 Å². The summed E-state index contributed by atoms with van der Waals surface area (Å²) in [5, 5.41) is 8.60. The van der Waals surface area contributed by atoms with Crippen LogP contribution in [0.3, 0.4) is 0 Å². The summed E-state index contributed by atoms with van der Waals surface area (Å²) in [6, 6.07) is 6.87. The third-order valence-electron chi connectivity index (χ3n) is 6.55. The van der Waals surface area contributed by atoms with E-state index in [1.807, 2.05) is 26.0 Å². The summed E-state index contributed by atoms with van der Waals surface area (Å²) >= 11 is 24.0. The van der Waals surface area contributed by atoms with Gasteiger partial charge in [0.25, 0.3) is 9.70 Å². The first kappa shape index (κ1) is 26.1. The molecule has 0 saturated carbocycles. The van der Waals surface area contributed by atoms with Gasteiger partial charge in [0.2, 0.25) is 0 Å². The third-order valence-corrected chi connectivity index (χ3v) is 7.29. The maximum atomic E-state index is 13.0. The second-order valence-electron chi connectivity index (χ2n) is 10.4. The lowest BCUT2D eigenvalue weighted by atomic mass is 9.78. The Bertz CT molecular complexity index is 875. The van der Waals surface area contributed by atoms with E-state index in [0.29, 0.717) is 10.7 Å². The van der Waals surface area contributed by atoms with Crippen molar-refractivity contribution >= 4 is 58.0 Å². The molecular weight excluding hydrogens is 492 g/mol. The molecule has 0 aromatic heterocycles. The molecule has 1 unspecified atom stereocenters. The Labute approximate surface area is 210 Å². The smallest absolute Gasteiger partial charge is 0.295 e. The minimum Gasteiger partial charge on any atom is -0.296 e. The van der Waals surface area contributed by atoms with Crippen molar-refractivity contribution in [2.75, 3.05) is 6.61 Å². The van der Waals surface area contributed by atoms with E-state index < -0.39 is 21.2 Å². The van der Waals surface area contributed by atoms with E-state index in [1.54, 1.807) is 12.1 Å². The first-order valence-corrected chi connectivity index (χ1v) is 12.3. The van der Waals surface area contributed by atoms with Crippen LogP contribution in [0.25, 0.3) is 0 Å². The molecule has 0 bridgehead atoms. The first-order chi connectivity index (χ1) is 14.6. The number of hydrogen-bond donors (Lipinski definition) is 0. The van der Waals surface area contributed by atoms with Crippen molar-refractivity contribution < 1.29 is 9.63 Å². The average molecular weight is 523 g/mol. The lowest BCUT2D eigenvalue weighted by Gasteiger charge is -2.52. The lowest BCUT2D eigenvalue weighted by Crippen LogP contribution is -2.60. The molecule has 9 heteroatoms. The fourth-order valence-corrected chi connectivity index (χ4v) is 5.26. The predicted molar refractivity (Wildman–Crippen MR) is 132 cm³/mol. The largest absolute Gasteiger partial charge is 0.296 e. The number of benzene rings is 1. The Hall–Kier alpha value is -0.560. The molecule has 1 fully saturated rings. The summed E-state index contributed by atoms with van der Waals surface area (Å²) < 4.78 is -2.13. The van der Waals surface area contributed by atoms with Crippen molar-refractivity contribution in [2.24, 2.45) is 10.5 Å². The number of amides is 1. The van der Waals surface area contributed by atoms with E-state index in [1.165, 1.54) is 5.01 Å². The van der Waals surface area contributed by atoms with E-state index in [0.717, 1.165) is 24.8 Å². The van der Waals surface area contributed by atoms with E-state index in [2.05, 4.69) is 37.9 Å². The summed E-state index contributed by atoms with van der Waals surface area (Å²) in [6.07, 6.45) is 3.18. The Morgan fingerprint density at radius 1 is 1.06 bits per heavy atom.